The summed E-state index contributed by atoms with van der Waals surface area (Å²) in [5.74, 6) is 0.365. The Kier molecular flexibility index (Phi) is 3.77. The van der Waals surface area contributed by atoms with E-state index >= 15 is 0 Å². The Morgan fingerprint density at radius 3 is 2.83 bits per heavy atom. The summed E-state index contributed by atoms with van der Waals surface area (Å²) in [6.45, 7) is 3.68. The van der Waals surface area contributed by atoms with Crippen LogP contribution in [0, 0.1) is 12.7 Å². The number of rotatable bonds is 3. The van der Waals surface area contributed by atoms with Gasteiger partial charge < -0.3 is 5.32 Å². The lowest BCUT2D eigenvalue weighted by Gasteiger charge is -2.12. The lowest BCUT2D eigenvalue weighted by atomic mass is 10.1. The van der Waals surface area contributed by atoms with E-state index < -0.39 is 0 Å². The fourth-order valence-electron chi connectivity index (χ4n) is 1.68. The fourth-order valence-corrected chi connectivity index (χ4v) is 1.95. The molecule has 0 radical (unpaired) electrons. The van der Waals surface area contributed by atoms with E-state index in [0.29, 0.717) is 28.6 Å². The molecule has 1 N–H and O–H groups in total. The summed E-state index contributed by atoms with van der Waals surface area (Å²) in [7, 11) is 0. The molecule has 0 bridgehead atoms. The third-order valence-corrected chi connectivity index (χ3v) is 3.09. The van der Waals surface area contributed by atoms with Gasteiger partial charge in [0.2, 0.25) is 0 Å². The highest BCUT2D eigenvalue weighted by Crippen LogP contribution is 2.26. The summed E-state index contributed by atoms with van der Waals surface area (Å²) in [5.41, 5.74) is 2.05. The van der Waals surface area contributed by atoms with Crippen molar-refractivity contribution in [1.82, 2.24) is 9.97 Å². The van der Waals surface area contributed by atoms with Crippen molar-refractivity contribution in [2.24, 2.45) is 0 Å². The third-order valence-electron chi connectivity index (χ3n) is 2.77. The van der Waals surface area contributed by atoms with Gasteiger partial charge in [0, 0.05) is 16.8 Å². The van der Waals surface area contributed by atoms with Gasteiger partial charge in [-0.1, -0.05) is 24.6 Å². The van der Waals surface area contributed by atoms with Crippen LogP contribution in [0.3, 0.4) is 0 Å². The number of hydrogen-bond acceptors (Lipinski definition) is 3. The Bertz CT molecular complexity index is 572. The Labute approximate surface area is 110 Å². The van der Waals surface area contributed by atoms with Gasteiger partial charge in [-0.05, 0) is 25.5 Å². The number of hydrogen-bond donors (Lipinski definition) is 1. The van der Waals surface area contributed by atoms with Crippen LogP contribution in [0.5, 0.6) is 0 Å². The monoisotopic (exact) mass is 265 g/mol. The predicted molar refractivity (Wildman–Crippen MR) is 70.8 cm³/mol. The molecule has 0 aliphatic rings. The van der Waals surface area contributed by atoms with Crippen molar-refractivity contribution in [2.45, 2.75) is 20.3 Å². The second kappa shape index (κ2) is 5.31. The Morgan fingerprint density at radius 1 is 1.33 bits per heavy atom. The van der Waals surface area contributed by atoms with E-state index in [9.17, 15) is 4.39 Å². The van der Waals surface area contributed by atoms with Gasteiger partial charge in [0.1, 0.15) is 23.1 Å². The van der Waals surface area contributed by atoms with Crippen molar-refractivity contribution >= 4 is 23.1 Å². The van der Waals surface area contributed by atoms with Gasteiger partial charge in [-0.3, -0.25) is 0 Å². The summed E-state index contributed by atoms with van der Waals surface area (Å²) in [6, 6.07) is 4.88. The standard InChI is InChI=1S/C13H13ClFN3/c1-3-9-12(14)16-7-17-13(9)18-11-6-4-5-10(15)8(11)2/h4-7H,3H2,1-2H3,(H,16,17,18). The van der Waals surface area contributed by atoms with E-state index in [4.69, 9.17) is 11.6 Å². The molecule has 18 heavy (non-hydrogen) atoms. The van der Waals surface area contributed by atoms with Crippen LogP contribution in [-0.2, 0) is 6.42 Å². The molecule has 0 saturated heterocycles. The SMILES string of the molecule is CCc1c(Cl)ncnc1Nc1cccc(F)c1C. The number of benzene rings is 1. The highest BCUT2D eigenvalue weighted by atomic mass is 35.5. The zero-order valence-corrected chi connectivity index (χ0v) is 10.9. The highest BCUT2D eigenvalue weighted by Gasteiger charge is 2.10. The summed E-state index contributed by atoms with van der Waals surface area (Å²) in [6.07, 6.45) is 2.09. The normalized spacial score (nSPS) is 10.4. The van der Waals surface area contributed by atoms with Gasteiger partial charge in [0.25, 0.3) is 0 Å². The van der Waals surface area contributed by atoms with Crippen LogP contribution in [0.4, 0.5) is 15.9 Å². The molecule has 94 valence electrons. The third kappa shape index (κ3) is 2.43. The smallest absolute Gasteiger partial charge is 0.138 e. The van der Waals surface area contributed by atoms with Crippen molar-refractivity contribution in [1.29, 1.82) is 0 Å². The van der Waals surface area contributed by atoms with Crippen molar-refractivity contribution in [3.05, 3.63) is 46.6 Å². The maximum Gasteiger partial charge on any atom is 0.138 e. The van der Waals surface area contributed by atoms with E-state index in [0.717, 1.165) is 5.56 Å². The second-order valence-electron chi connectivity index (χ2n) is 3.88. The van der Waals surface area contributed by atoms with Gasteiger partial charge >= 0.3 is 0 Å². The van der Waals surface area contributed by atoms with Gasteiger partial charge in [0.05, 0.1) is 0 Å². The number of nitrogens with one attached hydrogen (secondary N) is 1. The molecule has 1 heterocycles. The van der Waals surface area contributed by atoms with E-state index in [2.05, 4.69) is 15.3 Å². The minimum absolute atomic E-state index is 0.252. The molecule has 0 aliphatic carbocycles. The van der Waals surface area contributed by atoms with Crippen LogP contribution in [0.15, 0.2) is 24.5 Å². The molecule has 0 spiro atoms. The topological polar surface area (TPSA) is 37.8 Å². The summed E-state index contributed by atoms with van der Waals surface area (Å²) in [4.78, 5) is 8.08. The first kappa shape index (κ1) is 12.8. The Morgan fingerprint density at radius 2 is 2.11 bits per heavy atom. The van der Waals surface area contributed by atoms with Crippen LogP contribution in [0.2, 0.25) is 5.15 Å². The molecule has 5 heteroatoms. The van der Waals surface area contributed by atoms with Gasteiger partial charge in [-0.25, -0.2) is 14.4 Å². The van der Waals surface area contributed by atoms with E-state index in [1.54, 1.807) is 19.1 Å². The number of aromatic nitrogens is 2. The first-order valence-electron chi connectivity index (χ1n) is 5.65. The minimum Gasteiger partial charge on any atom is -0.340 e. The van der Waals surface area contributed by atoms with Crippen LogP contribution in [-0.4, -0.2) is 9.97 Å². The molecule has 1 aromatic heterocycles. The van der Waals surface area contributed by atoms with Gasteiger partial charge in [0.15, 0.2) is 0 Å². The Balaban J connectivity index is 2.40. The van der Waals surface area contributed by atoms with Crippen LogP contribution in [0.25, 0.3) is 0 Å². The predicted octanol–water partition coefficient (Wildman–Crippen LogP) is 3.88. The number of anilines is 2. The highest BCUT2D eigenvalue weighted by molar-refractivity contribution is 6.30. The largest absolute Gasteiger partial charge is 0.340 e. The lowest BCUT2D eigenvalue weighted by molar-refractivity contribution is 0.619. The van der Waals surface area contributed by atoms with E-state index in [1.807, 2.05) is 6.92 Å². The average molecular weight is 266 g/mol. The molecule has 0 saturated carbocycles. The maximum absolute atomic E-state index is 13.4. The molecule has 0 fully saturated rings. The molecule has 1 aromatic carbocycles. The van der Waals surface area contributed by atoms with Crippen molar-refractivity contribution in [3.63, 3.8) is 0 Å². The van der Waals surface area contributed by atoms with Crippen LogP contribution < -0.4 is 5.32 Å². The Hall–Kier alpha value is -1.68. The molecule has 0 aliphatic heterocycles. The molecule has 2 rings (SSSR count). The first-order valence-corrected chi connectivity index (χ1v) is 6.02. The minimum atomic E-state index is -0.252. The average Bonchev–Trinajstić information content (AvgIpc) is 2.35. The zero-order chi connectivity index (χ0) is 13.1. The first-order chi connectivity index (χ1) is 8.63. The molecular formula is C13H13ClFN3. The molecule has 3 nitrogen and oxygen atoms in total. The second-order valence-corrected chi connectivity index (χ2v) is 4.24. The maximum atomic E-state index is 13.4. The number of halogens is 2. The zero-order valence-electron chi connectivity index (χ0n) is 10.2. The summed E-state index contributed by atoms with van der Waals surface area (Å²) < 4.78 is 13.4. The van der Waals surface area contributed by atoms with Crippen molar-refractivity contribution in [2.75, 3.05) is 5.32 Å². The van der Waals surface area contributed by atoms with Crippen LogP contribution >= 0.6 is 11.6 Å². The van der Waals surface area contributed by atoms with Gasteiger partial charge in [-0.15, -0.1) is 0 Å². The van der Waals surface area contributed by atoms with Crippen LogP contribution in [0.1, 0.15) is 18.1 Å². The number of nitrogens with zero attached hydrogens (tertiary/aromatic N) is 2. The molecule has 0 amide bonds. The van der Waals surface area contributed by atoms with E-state index in [-0.39, 0.29) is 5.82 Å². The van der Waals surface area contributed by atoms with Crippen molar-refractivity contribution in [3.8, 4) is 0 Å². The van der Waals surface area contributed by atoms with Crippen molar-refractivity contribution < 1.29 is 4.39 Å². The molecule has 0 unspecified atom stereocenters. The molecular weight excluding hydrogens is 253 g/mol. The summed E-state index contributed by atoms with van der Waals surface area (Å²) >= 11 is 6.00. The molecule has 0 atom stereocenters. The fraction of sp³-hybridized carbons (Fsp3) is 0.231. The lowest BCUT2D eigenvalue weighted by Crippen LogP contribution is -2.02. The van der Waals surface area contributed by atoms with Gasteiger partial charge in [-0.2, -0.15) is 0 Å². The quantitative estimate of drug-likeness (QED) is 0.856. The summed E-state index contributed by atoms with van der Waals surface area (Å²) in [5, 5.41) is 3.52. The van der Waals surface area contributed by atoms with E-state index in [1.165, 1.54) is 12.4 Å². The molecule has 2 aromatic rings.